The van der Waals surface area contributed by atoms with Crippen molar-refractivity contribution >= 4 is 12.0 Å². The van der Waals surface area contributed by atoms with Gasteiger partial charge in [-0.1, -0.05) is 24.3 Å². The molecule has 0 unspecified atom stereocenters. The summed E-state index contributed by atoms with van der Waals surface area (Å²) in [6.45, 7) is 1.90. The standard InChI is InChI=1S/C11H13NO2/c1-9(13)14-11-6-4-10(5-7-11)3-2-8-12/h2-7H,8,12H2,1H3. The minimum absolute atomic E-state index is 0.310. The van der Waals surface area contributed by atoms with E-state index in [1.807, 2.05) is 24.3 Å². The molecule has 2 N–H and O–H groups in total. The molecule has 0 radical (unpaired) electrons. The van der Waals surface area contributed by atoms with E-state index in [4.69, 9.17) is 10.5 Å². The highest BCUT2D eigenvalue weighted by atomic mass is 16.5. The van der Waals surface area contributed by atoms with E-state index in [-0.39, 0.29) is 5.97 Å². The van der Waals surface area contributed by atoms with E-state index in [0.717, 1.165) is 5.56 Å². The molecule has 0 aliphatic rings. The minimum Gasteiger partial charge on any atom is -0.427 e. The van der Waals surface area contributed by atoms with Crippen LogP contribution in [0.5, 0.6) is 5.75 Å². The quantitative estimate of drug-likeness (QED) is 0.583. The molecule has 3 heteroatoms. The van der Waals surface area contributed by atoms with Crippen molar-refractivity contribution in [1.29, 1.82) is 0 Å². The second kappa shape index (κ2) is 5.19. The van der Waals surface area contributed by atoms with Crippen molar-refractivity contribution in [3.8, 4) is 5.75 Å². The van der Waals surface area contributed by atoms with E-state index in [2.05, 4.69) is 0 Å². The molecular formula is C11H13NO2. The molecule has 0 bridgehead atoms. The lowest BCUT2D eigenvalue weighted by Gasteiger charge is -2.00. The summed E-state index contributed by atoms with van der Waals surface area (Å²) < 4.78 is 4.89. The molecule has 0 amide bonds. The lowest BCUT2D eigenvalue weighted by atomic mass is 10.2. The summed E-state index contributed by atoms with van der Waals surface area (Å²) in [6.07, 6.45) is 3.78. The summed E-state index contributed by atoms with van der Waals surface area (Å²) >= 11 is 0. The molecule has 0 saturated heterocycles. The highest BCUT2D eigenvalue weighted by Crippen LogP contribution is 2.13. The number of rotatable bonds is 3. The predicted octanol–water partition coefficient (Wildman–Crippen LogP) is 1.58. The van der Waals surface area contributed by atoms with Crippen LogP contribution in [0, 0.1) is 0 Å². The number of benzene rings is 1. The fraction of sp³-hybridized carbons (Fsp3) is 0.182. The molecular weight excluding hydrogens is 178 g/mol. The number of hydrogen-bond acceptors (Lipinski definition) is 3. The summed E-state index contributed by atoms with van der Waals surface area (Å²) in [5, 5.41) is 0. The van der Waals surface area contributed by atoms with Gasteiger partial charge in [-0.25, -0.2) is 0 Å². The molecule has 0 aliphatic heterocycles. The van der Waals surface area contributed by atoms with Crippen LogP contribution in [0.1, 0.15) is 12.5 Å². The van der Waals surface area contributed by atoms with Gasteiger partial charge < -0.3 is 10.5 Å². The molecule has 0 aromatic heterocycles. The van der Waals surface area contributed by atoms with Gasteiger partial charge in [0.1, 0.15) is 5.75 Å². The van der Waals surface area contributed by atoms with Gasteiger partial charge >= 0.3 is 5.97 Å². The van der Waals surface area contributed by atoms with Crippen LogP contribution in [-0.4, -0.2) is 12.5 Å². The molecule has 0 spiro atoms. The highest BCUT2D eigenvalue weighted by molar-refractivity contribution is 5.69. The average Bonchev–Trinajstić information content (AvgIpc) is 2.16. The molecule has 0 fully saturated rings. The molecule has 74 valence electrons. The Balaban J connectivity index is 2.68. The molecule has 1 aromatic carbocycles. The number of nitrogens with two attached hydrogens (primary N) is 1. The van der Waals surface area contributed by atoms with Crippen LogP contribution in [0.15, 0.2) is 30.3 Å². The summed E-state index contributed by atoms with van der Waals surface area (Å²) in [7, 11) is 0. The van der Waals surface area contributed by atoms with E-state index < -0.39 is 0 Å². The van der Waals surface area contributed by atoms with Crippen LogP contribution in [0.2, 0.25) is 0 Å². The smallest absolute Gasteiger partial charge is 0.308 e. The number of esters is 1. The zero-order valence-corrected chi connectivity index (χ0v) is 8.07. The van der Waals surface area contributed by atoms with E-state index >= 15 is 0 Å². The first-order valence-corrected chi connectivity index (χ1v) is 4.37. The van der Waals surface area contributed by atoms with Crippen LogP contribution >= 0.6 is 0 Å². The third-order valence-corrected chi connectivity index (χ3v) is 1.59. The fourth-order valence-electron chi connectivity index (χ4n) is 1.02. The van der Waals surface area contributed by atoms with Gasteiger partial charge in [-0.2, -0.15) is 0 Å². The first-order valence-electron chi connectivity index (χ1n) is 4.37. The van der Waals surface area contributed by atoms with E-state index in [1.165, 1.54) is 6.92 Å². The van der Waals surface area contributed by atoms with Gasteiger partial charge in [-0.3, -0.25) is 4.79 Å². The second-order valence-corrected chi connectivity index (χ2v) is 2.80. The Morgan fingerprint density at radius 3 is 2.57 bits per heavy atom. The molecule has 1 rings (SSSR count). The molecule has 0 saturated carbocycles. The normalized spacial score (nSPS) is 10.4. The lowest BCUT2D eigenvalue weighted by molar-refractivity contribution is -0.131. The fourth-order valence-corrected chi connectivity index (χ4v) is 1.02. The number of ether oxygens (including phenoxy) is 1. The average molecular weight is 191 g/mol. The van der Waals surface area contributed by atoms with Gasteiger partial charge in [-0.15, -0.1) is 0 Å². The topological polar surface area (TPSA) is 52.3 Å². The van der Waals surface area contributed by atoms with Crippen molar-refractivity contribution in [2.24, 2.45) is 5.73 Å². The Morgan fingerprint density at radius 1 is 1.43 bits per heavy atom. The highest BCUT2D eigenvalue weighted by Gasteiger charge is 1.95. The lowest BCUT2D eigenvalue weighted by Crippen LogP contribution is -2.00. The summed E-state index contributed by atoms with van der Waals surface area (Å²) in [5.74, 6) is 0.248. The van der Waals surface area contributed by atoms with Crippen LogP contribution in [-0.2, 0) is 4.79 Å². The van der Waals surface area contributed by atoms with E-state index in [9.17, 15) is 4.79 Å². The van der Waals surface area contributed by atoms with Crippen molar-refractivity contribution in [2.45, 2.75) is 6.92 Å². The largest absolute Gasteiger partial charge is 0.427 e. The van der Waals surface area contributed by atoms with Gasteiger partial charge in [0.15, 0.2) is 0 Å². The maximum Gasteiger partial charge on any atom is 0.308 e. The molecule has 1 aromatic rings. The SMILES string of the molecule is CC(=O)Oc1ccc(C=CCN)cc1. The second-order valence-electron chi connectivity index (χ2n) is 2.80. The number of hydrogen-bond donors (Lipinski definition) is 1. The monoisotopic (exact) mass is 191 g/mol. The maximum atomic E-state index is 10.6. The van der Waals surface area contributed by atoms with Gasteiger partial charge in [0.05, 0.1) is 0 Å². The van der Waals surface area contributed by atoms with Gasteiger partial charge in [0.25, 0.3) is 0 Å². The summed E-state index contributed by atoms with van der Waals surface area (Å²) in [5.41, 5.74) is 6.35. The van der Waals surface area contributed by atoms with Crippen molar-refractivity contribution in [3.05, 3.63) is 35.9 Å². The molecule has 0 heterocycles. The third kappa shape index (κ3) is 3.41. The zero-order chi connectivity index (χ0) is 10.4. The predicted molar refractivity (Wildman–Crippen MR) is 55.8 cm³/mol. The van der Waals surface area contributed by atoms with E-state index in [0.29, 0.717) is 12.3 Å². The Bertz CT molecular complexity index is 328. The first-order chi connectivity index (χ1) is 6.72. The number of carbonyl (C=O) groups excluding carboxylic acids is 1. The van der Waals surface area contributed by atoms with Crippen LogP contribution in [0.25, 0.3) is 6.08 Å². The summed E-state index contributed by atoms with van der Waals surface area (Å²) in [4.78, 5) is 10.6. The van der Waals surface area contributed by atoms with Gasteiger partial charge in [-0.05, 0) is 17.7 Å². The van der Waals surface area contributed by atoms with Crippen LogP contribution in [0.3, 0.4) is 0 Å². The van der Waals surface area contributed by atoms with Crippen LogP contribution in [0.4, 0.5) is 0 Å². The van der Waals surface area contributed by atoms with Crippen molar-refractivity contribution < 1.29 is 9.53 Å². The van der Waals surface area contributed by atoms with E-state index in [1.54, 1.807) is 12.1 Å². The summed E-state index contributed by atoms with van der Waals surface area (Å²) in [6, 6.07) is 7.23. The first kappa shape index (κ1) is 10.5. The van der Waals surface area contributed by atoms with Crippen molar-refractivity contribution in [1.82, 2.24) is 0 Å². The zero-order valence-electron chi connectivity index (χ0n) is 8.07. The molecule has 0 atom stereocenters. The molecule has 3 nitrogen and oxygen atoms in total. The third-order valence-electron chi connectivity index (χ3n) is 1.59. The van der Waals surface area contributed by atoms with Crippen molar-refractivity contribution in [3.63, 3.8) is 0 Å². The van der Waals surface area contributed by atoms with Gasteiger partial charge in [0.2, 0.25) is 0 Å². The Labute approximate surface area is 83.2 Å². The van der Waals surface area contributed by atoms with Gasteiger partial charge in [0, 0.05) is 13.5 Å². The minimum atomic E-state index is -0.310. The van der Waals surface area contributed by atoms with Crippen molar-refractivity contribution in [2.75, 3.05) is 6.54 Å². The Kier molecular flexibility index (Phi) is 3.88. The number of carbonyl (C=O) groups is 1. The maximum absolute atomic E-state index is 10.6. The molecule has 0 aliphatic carbocycles. The Hall–Kier alpha value is -1.61. The Morgan fingerprint density at radius 2 is 2.07 bits per heavy atom. The van der Waals surface area contributed by atoms with Crippen LogP contribution < -0.4 is 10.5 Å². The molecule has 14 heavy (non-hydrogen) atoms.